The SMILES string of the molecule is CC(C)CNCc1ccc(C(=O)O)c(F)c1. The number of carbonyl (C=O) groups is 1. The molecule has 0 saturated heterocycles. The predicted molar refractivity (Wildman–Crippen MR) is 59.9 cm³/mol. The molecule has 0 aliphatic carbocycles. The van der Waals surface area contributed by atoms with Gasteiger partial charge in [0.25, 0.3) is 0 Å². The number of hydrogen-bond donors (Lipinski definition) is 2. The van der Waals surface area contributed by atoms with Crippen molar-refractivity contribution in [3.8, 4) is 0 Å². The molecule has 4 heteroatoms. The fourth-order valence-corrected chi connectivity index (χ4v) is 1.35. The van der Waals surface area contributed by atoms with Gasteiger partial charge in [-0.25, -0.2) is 9.18 Å². The number of hydrogen-bond acceptors (Lipinski definition) is 2. The van der Waals surface area contributed by atoms with Gasteiger partial charge >= 0.3 is 5.97 Å². The molecule has 1 rings (SSSR count). The van der Waals surface area contributed by atoms with Crippen LogP contribution >= 0.6 is 0 Å². The van der Waals surface area contributed by atoms with Gasteiger partial charge in [-0.2, -0.15) is 0 Å². The summed E-state index contributed by atoms with van der Waals surface area (Å²) < 4.78 is 13.3. The summed E-state index contributed by atoms with van der Waals surface area (Å²) in [5.74, 6) is -1.39. The molecule has 2 N–H and O–H groups in total. The van der Waals surface area contributed by atoms with E-state index in [1.54, 1.807) is 6.07 Å². The van der Waals surface area contributed by atoms with Gasteiger partial charge in [0.15, 0.2) is 0 Å². The third kappa shape index (κ3) is 3.62. The van der Waals surface area contributed by atoms with Crippen LogP contribution in [-0.4, -0.2) is 17.6 Å². The van der Waals surface area contributed by atoms with Gasteiger partial charge in [0.2, 0.25) is 0 Å². The van der Waals surface area contributed by atoms with Crippen LogP contribution in [0.4, 0.5) is 4.39 Å². The van der Waals surface area contributed by atoms with Gasteiger partial charge in [0.05, 0.1) is 5.56 Å². The number of aromatic carboxylic acids is 1. The lowest BCUT2D eigenvalue weighted by Crippen LogP contribution is -2.19. The lowest BCUT2D eigenvalue weighted by atomic mass is 10.1. The van der Waals surface area contributed by atoms with Crippen molar-refractivity contribution >= 4 is 5.97 Å². The van der Waals surface area contributed by atoms with Crippen LogP contribution in [0.15, 0.2) is 18.2 Å². The maximum Gasteiger partial charge on any atom is 0.338 e. The van der Waals surface area contributed by atoms with Crippen LogP contribution in [0.5, 0.6) is 0 Å². The summed E-state index contributed by atoms with van der Waals surface area (Å²) in [6, 6.07) is 4.18. The second-order valence-corrected chi connectivity index (χ2v) is 4.14. The summed E-state index contributed by atoms with van der Waals surface area (Å²) in [4.78, 5) is 10.6. The Hall–Kier alpha value is -1.42. The predicted octanol–water partition coefficient (Wildman–Crippen LogP) is 2.27. The van der Waals surface area contributed by atoms with Crippen LogP contribution in [0.2, 0.25) is 0 Å². The number of benzene rings is 1. The zero-order valence-electron chi connectivity index (χ0n) is 9.46. The molecular formula is C12H16FNO2. The molecule has 0 fully saturated rings. The zero-order valence-corrected chi connectivity index (χ0v) is 9.46. The van der Waals surface area contributed by atoms with Gasteiger partial charge in [0.1, 0.15) is 5.82 Å². The van der Waals surface area contributed by atoms with E-state index in [0.29, 0.717) is 12.5 Å². The van der Waals surface area contributed by atoms with Gasteiger partial charge in [-0.1, -0.05) is 19.9 Å². The van der Waals surface area contributed by atoms with Crippen molar-refractivity contribution in [2.24, 2.45) is 5.92 Å². The number of rotatable bonds is 5. The molecule has 0 radical (unpaired) electrons. The molecule has 1 aromatic carbocycles. The van der Waals surface area contributed by atoms with Crippen molar-refractivity contribution in [2.45, 2.75) is 20.4 Å². The maximum absolute atomic E-state index is 13.3. The lowest BCUT2D eigenvalue weighted by molar-refractivity contribution is 0.0692. The fourth-order valence-electron chi connectivity index (χ4n) is 1.35. The highest BCUT2D eigenvalue weighted by Crippen LogP contribution is 2.10. The standard InChI is InChI=1S/C12H16FNO2/c1-8(2)6-14-7-9-3-4-10(12(15)16)11(13)5-9/h3-5,8,14H,6-7H2,1-2H3,(H,15,16). The molecular weight excluding hydrogens is 209 g/mol. The molecule has 3 nitrogen and oxygen atoms in total. The monoisotopic (exact) mass is 225 g/mol. The third-order valence-electron chi connectivity index (χ3n) is 2.15. The molecule has 0 unspecified atom stereocenters. The van der Waals surface area contributed by atoms with Gasteiger partial charge in [-0.15, -0.1) is 0 Å². The average molecular weight is 225 g/mol. The van der Waals surface area contributed by atoms with E-state index in [-0.39, 0.29) is 5.56 Å². The lowest BCUT2D eigenvalue weighted by Gasteiger charge is -2.08. The van der Waals surface area contributed by atoms with E-state index in [2.05, 4.69) is 19.2 Å². The van der Waals surface area contributed by atoms with Gasteiger partial charge in [0, 0.05) is 6.54 Å². The van der Waals surface area contributed by atoms with Crippen molar-refractivity contribution in [3.05, 3.63) is 35.1 Å². The van der Waals surface area contributed by atoms with E-state index in [9.17, 15) is 9.18 Å². The van der Waals surface area contributed by atoms with Crippen LogP contribution in [0.1, 0.15) is 29.8 Å². The van der Waals surface area contributed by atoms with E-state index in [1.807, 2.05) is 0 Å². The number of carboxylic acid groups (broad SMARTS) is 1. The highest BCUT2D eigenvalue weighted by Gasteiger charge is 2.09. The summed E-state index contributed by atoms with van der Waals surface area (Å²) in [5.41, 5.74) is 0.468. The van der Waals surface area contributed by atoms with Crippen LogP contribution < -0.4 is 5.32 Å². The van der Waals surface area contributed by atoms with Gasteiger partial charge in [-0.05, 0) is 30.2 Å². The largest absolute Gasteiger partial charge is 0.478 e. The highest BCUT2D eigenvalue weighted by molar-refractivity contribution is 5.87. The number of halogens is 1. The second-order valence-electron chi connectivity index (χ2n) is 4.14. The van der Waals surface area contributed by atoms with E-state index in [0.717, 1.165) is 12.1 Å². The topological polar surface area (TPSA) is 49.3 Å². The Kier molecular flexibility index (Phi) is 4.43. The molecule has 0 bridgehead atoms. The van der Waals surface area contributed by atoms with Crippen molar-refractivity contribution < 1.29 is 14.3 Å². The Bertz CT molecular complexity index is 377. The van der Waals surface area contributed by atoms with Crippen molar-refractivity contribution in [2.75, 3.05) is 6.54 Å². The average Bonchev–Trinajstić information content (AvgIpc) is 2.16. The van der Waals surface area contributed by atoms with Crippen molar-refractivity contribution in [1.29, 1.82) is 0 Å². The second kappa shape index (κ2) is 5.61. The van der Waals surface area contributed by atoms with Crippen LogP contribution in [0.3, 0.4) is 0 Å². The maximum atomic E-state index is 13.3. The molecule has 0 spiro atoms. The quantitative estimate of drug-likeness (QED) is 0.808. The van der Waals surface area contributed by atoms with Gasteiger partial charge < -0.3 is 10.4 Å². The Morgan fingerprint density at radius 1 is 1.50 bits per heavy atom. The van der Waals surface area contributed by atoms with E-state index in [4.69, 9.17) is 5.11 Å². The summed E-state index contributed by atoms with van der Waals surface area (Å²) in [5, 5.41) is 11.8. The Morgan fingerprint density at radius 2 is 2.19 bits per heavy atom. The number of nitrogens with one attached hydrogen (secondary N) is 1. The summed E-state index contributed by atoms with van der Waals surface area (Å²) in [6.07, 6.45) is 0. The molecule has 0 heterocycles. The Morgan fingerprint density at radius 3 is 2.69 bits per heavy atom. The van der Waals surface area contributed by atoms with E-state index < -0.39 is 11.8 Å². The van der Waals surface area contributed by atoms with E-state index >= 15 is 0 Å². The first-order chi connectivity index (χ1) is 7.50. The van der Waals surface area contributed by atoms with E-state index in [1.165, 1.54) is 12.1 Å². The minimum atomic E-state index is -1.24. The normalized spacial score (nSPS) is 10.8. The van der Waals surface area contributed by atoms with Crippen molar-refractivity contribution in [1.82, 2.24) is 5.32 Å². The molecule has 88 valence electrons. The molecule has 0 amide bonds. The minimum absolute atomic E-state index is 0.285. The molecule has 0 aliphatic heterocycles. The molecule has 0 aliphatic rings. The summed E-state index contributed by atoms with van der Waals surface area (Å²) >= 11 is 0. The zero-order chi connectivity index (χ0) is 12.1. The fraction of sp³-hybridized carbons (Fsp3) is 0.417. The molecule has 1 aromatic rings. The molecule has 0 saturated carbocycles. The first kappa shape index (κ1) is 12.6. The van der Waals surface area contributed by atoms with Crippen molar-refractivity contribution in [3.63, 3.8) is 0 Å². The first-order valence-electron chi connectivity index (χ1n) is 5.23. The Labute approximate surface area is 94.3 Å². The van der Waals surface area contributed by atoms with Crippen LogP contribution in [0.25, 0.3) is 0 Å². The van der Waals surface area contributed by atoms with Gasteiger partial charge in [-0.3, -0.25) is 0 Å². The van der Waals surface area contributed by atoms with Crippen LogP contribution in [-0.2, 0) is 6.54 Å². The van der Waals surface area contributed by atoms with Crippen LogP contribution in [0, 0.1) is 11.7 Å². The Balaban J connectivity index is 2.63. The molecule has 0 aromatic heterocycles. The third-order valence-corrected chi connectivity index (χ3v) is 2.15. The smallest absolute Gasteiger partial charge is 0.338 e. The highest BCUT2D eigenvalue weighted by atomic mass is 19.1. The first-order valence-corrected chi connectivity index (χ1v) is 5.23. The minimum Gasteiger partial charge on any atom is -0.478 e. The molecule has 0 atom stereocenters. The number of carboxylic acids is 1. The summed E-state index contributed by atoms with van der Waals surface area (Å²) in [6.45, 7) is 5.57. The molecule has 16 heavy (non-hydrogen) atoms. The summed E-state index contributed by atoms with van der Waals surface area (Å²) in [7, 11) is 0.